The van der Waals surface area contributed by atoms with Gasteiger partial charge in [0.2, 0.25) is 0 Å². The summed E-state index contributed by atoms with van der Waals surface area (Å²) in [5.41, 5.74) is 0. The Balaban J connectivity index is 3.04. The summed E-state index contributed by atoms with van der Waals surface area (Å²) >= 11 is 0. The van der Waals surface area contributed by atoms with Gasteiger partial charge in [0.05, 0.1) is 0 Å². The van der Waals surface area contributed by atoms with Gasteiger partial charge < -0.3 is 9.90 Å². The van der Waals surface area contributed by atoms with Crippen LogP contribution >= 0.6 is 0 Å². The van der Waals surface area contributed by atoms with Crippen molar-refractivity contribution in [3.05, 3.63) is 12.2 Å². The van der Waals surface area contributed by atoms with Gasteiger partial charge in [0.25, 0.3) is 0 Å². The summed E-state index contributed by atoms with van der Waals surface area (Å²) in [6.07, 6.45) is 13.8. The fourth-order valence-corrected chi connectivity index (χ4v) is 1.52. The first-order valence-electron chi connectivity index (χ1n) is 6.12. The molecule has 15 heavy (non-hydrogen) atoms. The van der Waals surface area contributed by atoms with Gasteiger partial charge in [-0.25, -0.2) is 0 Å². The van der Waals surface area contributed by atoms with Crippen molar-refractivity contribution in [1.29, 1.82) is 0 Å². The van der Waals surface area contributed by atoms with Crippen LogP contribution in [0.5, 0.6) is 0 Å². The molecule has 0 heterocycles. The molecule has 2 heteroatoms. The van der Waals surface area contributed by atoms with Crippen molar-refractivity contribution < 1.29 is 9.90 Å². The van der Waals surface area contributed by atoms with E-state index in [2.05, 4.69) is 6.92 Å². The minimum Gasteiger partial charge on any atom is -0.550 e. The van der Waals surface area contributed by atoms with E-state index in [-0.39, 0.29) is 6.42 Å². The average molecular weight is 211 g/mol. The molecule has 0 rings (SSSR count). The fourth-order valence-electron chi connectivity index (χ4n) is 1.52. The molecule has 0 N–H and O–H groups in total. The zero-order valence-corrected chi connectivity index (χ0v) is 9.84. The zero-order valence-electron chi connectivity index (χ0n) is 9.84. The van der Waals surface area contributed by atoms with Crippen LogP contribution in [-0.4, -0.2) is 5.97 Å². The van der Waals surface area contributed by atoms with Crippen LogP contribution in [0.4, 0.5) is 0 Å². The first-order valence-corrected chi connectivity index (χ1v) is 6.12. The maximum atomic E-state index is 10.1. The Hall–Kier alpha value is -0.790. The van der Waals surface area contributed by atoms with Gasteiger partial charge in [0, 0.05) is 12.4 Å². The third-order valence-corrected chi connectivity index (χ3v) is 2.43. The Labute approximate surface area is 93.4 Å². The van der Waals surface area contributed by atoms with Crippen LogP contribution in [-0.2, 0) is 4.79 Å². The number of aliphatic carboxylic acids is 1. The molecule has 0 aromatic rings. The van der Waals surface area contributed by atoms with E-state index in [0.29, 0.717) is 0 Å². The third kappa shape index (κ3) is 13.2. The lowest BCUT2D eigenvalue weighted by Gasteiger charge is -1.99. The number of hydrogen-bond acceptors (Lipinski definition) is 2. The lowest BCUT2D eigenvalue weighted by molar-refractivity contribution is -0.304. The number of carboxylic acids is 1. The number of rotatable bonds is 10. The monoisotopic (exact) mass is 211 g/mol. The van der Waals surface area contributed by atoms with E-state index in [9.17, 15) is 9.90 Å². The summed E-state index contributed by atoms with van der Waals surface area (Å²) < 4.78 is 0. The molecule has 0 aliphatic rings. The van der Waals surface area contributed by atoms with Gasteiger partial charge in [-0.15, -0.1) is 0 Å². The summed E-state index contributed by atoms with van der Waals surface area (Å²) in [5, 5.41) is 10.1. The molecule has 0 aliphatic carbocycles. The molecule has 0 spiro atoms. The van der Waals surface area contributed by atoms with E-state index in [1.165, 1.54) is 44.9 Å². The summed E-state index contributed by atoms with van der Waals surface area (Å²) in [6, 6.07) is 0. The van der Waals surface area contributed by atoms with Gasteiger partial charge in [-0.2, -0.15) is 0 Å². The molecule has 0 saturated carbocycles. The first-order chi connectivity index (χ1) is 7.27. The van der Waals surface area contributed by atoms with Crippen LogP contribution in [0.2, 0.25) is 0 Å². The van der Waals surface area contributed by atoms with Crippen molar-refractivity contribution in [3.8, 4) is 0 Å². The largest absolute Gasteiger partial charge is 0.550 e. The van der Waals surface area contributed by atoms with E-state index in [4.69, 9.17) is 0 Å². The summed E-state index contributed by atoms with van der Waals surface area (Å²) in [7, 11) is 0. The highest BCUT2D eigenvalue weighted by molar-refractivity contribution is 5.66. The van der Waals surface area contributed by atoms with Crippen molar-refractivity contribution in [3.63, 3.8) is 0 Å². The topological polar surface area (TPSA) is 40.1 Å². The standard InChI is InChI=1S/C13H24O2/c1-2-3-4-5-6-7-8-9-10-11-12-13(14)15/h10-11H,2-9,12H2,1H3,(H,14,15)/p-1/b11-10+. The maximum Gasteiger partial charge on any atom is 0.0452 e. The Morgan fingerprint density at radius 2 is 1.60 bits per heavy atom. The van der Waals surface area contributed by atoms with Crippen LogP contribution in [0.3, 0.4) is 0 Å². The van der Waals surface area contributed by atoms with E-state index in [0.717, 1.165) is 6.42 Å². The summed E-state index contributed by atoms with van der Waals surface area (Å²) in [6.45, 7) is 2.22. The number of hydrogen-bond donors (Lipinski definition) is 0. The van der Waals surface area contributed by atoms with Crippen molar-refractivity contribution in [2.75, 3.05) is 0 Å². The van der Waals surface area contributed by atoms with E-state index < -0.39 is 5.97 Å². The Morgan fingerprint density at radius 1 is 1.00 bits per heavy atom. The Morgan fingerprint density at radius 3 is 2.20 bits per heavy atom. The van der Waals surface area contributed by atoms with Gasteiger partial charge in [-0.1, -0.05) is 57.6 Å². The molecule has 0 bridgehead atoms. The van der Waals surface area contributed by atoms with Gasteiger partial charge in [0.1, 0.15) is 0 Å². The number of allylic oxidation sites excluding steroid dienone is 1. The average Bonchev–Trinajstić information content (AvgIpc) is 2.20. The maximum absolute atomic E-state index is 10.1. The summed E-state index contributed by atoms with van der Waals surface area (Å²) in [4.78, 5) is 10.1. The Kier molecular flexibility index (Phi) is 10.7. The van der Waals surface area contributed by atoms with Gasteiger partial charge in [-0.05, 0) is 12.8 Å². The van der Waals surface area contributed by atoms with Crippen molar-refractivity contribution in [2.45, 2.75) is 64.7 Å². The van der Waals surface area contributed by atoms with Crippen molar-refractivity contribution in [2.24, 2.45) is 0 Å². The second-order valence-electron chi connectivity index (χ2n) is 3.96. The molecule has 88 valence electrons. The quantitative estimate of drug-likeness (QED) is 0.412. The molecule has 0 saturated heterocycles. The first kappa shape index (κ1) is 14.2. The second-order valence-corrected chi connectivity index (χ2v) is 3.96. The molecule has 0 aromatic heterocycles. The molecule has 0 fully saturated rings. The smallest absolute Gasteiger partial charge is 0.0452 e. The molecule has 0 aliphatic heterocycles. The highest BCUT2D eigenvalue weighted by atomic mass is 16.4. The van der Waals surface area contributed by atoms with E-state index in [1.54, 1.807) is 6.08 Å². The predicted octanol–water partition coefficient (Wildman–Crippen LogP) is 2.82. The number of unbranched alkanes of at least 4 members (excludes halogenated alkanes) is 7. The molecular weight excluding hydrogens is 188 g/mol. The van der Waals surface area contributed by atoms with Crippen molar-refractivity contribution in [1.82, 2.24) is 0 Å². The molecule has 0 atom stereocenters. The zero-order chi connectivity index (χ0) is 11.4. The van der Waals surface area contributed by atoms with Crippen LogP contribution < -0.4 is 5.11 Å². The van der Waals surface area contributed by atoms with Gasteiger partial charge in [-0.3, -0.25) is 0 Å². The van der Waals surface area contributed by atoms with Gasteiger partial charge in [0.15, 0.2) is 0 Å². The lowest BCUT2D eigenvalue weighted by atomic mass is 10.1. The predicted molar refractivity (Wildman–Crippen MR) is 61.4 cm³/mol. The Bertz CT molecular complexity index is 173. The number of carbonyl (C=O) groups excluding carboxylic acids is 1. The van der Waals surface area contributed by atoms with E-state index in [1.807, 2.05) is 6.08 Å². The molecule has 0 radical (unpaired) electrons. The molecule has 0 amide bonds. The van der Waals surface area contributed by atoms with Gasteiger partial charge >= 0.3 is 0 Å². The van der Waals surface area contributed by atoms with Crippen LogP contribution in [0.25, 0.3) is 0 Å². The minimum atomic E-state index is -0.995. The molecular formula is C13H23O2-. The number of carboxylic acid groups (broad SMARTS) is 1. The van der Waals surface area contributed by atoms with E-state index >= 15 is 0 Å². The second kappa shape index (κ2) is 11.3. The molecule has 0 unspecified atom stereocenters. The fraction of sp³-hybridized carbons (Fsp3) is 0.769. The third-order valence-electron chi connectivity index (χ3n) is 2.43. The summed E-state index contributed by atoms with van der Waals surface area (Å²) in [5.74, 6) is -0.995. The SMILES string of the molecule is CCCCCCCCC/C=C/CC(=O)[O-]. The highest BCUT2D eigenvalue weighted by Crippen LogP contribution is 2.08. The lowest BCUT2D eigenvalue weighted by Crippen LogP contribution is -2.20. The van der Waals surface area contributed by atoms with Crippen LogP contribution in [0, 0.1) is 0 Å². The molecule has 0 aromatic carbocycles. The molecule has 2 nitrogen and oxygen atoms in total. The number of carbonyl (C=O) groups is 1. The minimum absolute atomic E-state index is 0.0521. The highest BCUT2D eigenvalue weighted by Gasteiger charge is 1.89. The van der Waals surface area contributed by atoms with Crippen LogP contribution in [0.15, 0.2) is 12.2 Å². The van der Waals surface area contributed by atoms with Crippen LogP contribution in [0.1, 0.15) is 64.7 Å². The normalized spacial score (nSPS) is 11.0. The van der Waals surface area contributed by atoms with Crippen molar-refractivity contribution >= 4 is 5.97 Å².